The van der Waals surface area contributed by atoms with Crippen LogP contribution in [-0.4, -0.2) is 22.4 Å². The van der Waals surface area contributed by atoms with Crippen molar-refractivity contribution in [1.29, 1.82) is 0 Å². The molecule has 4 heteroatoms. The number of nitrogens with zero attached hydrogens (tertiary/aromatic N) is 2. The second-order valence-electron chi connectivity index (χ2n) is 3.75. The Hall–Kier alpha value is -1.32. The SMILES string of the molecule is CCOC(=O)C(C)(C)c1cnn(C)c1. The van der Waals surface area contributed by atoms with Crippen molar-refractivity contribution in [1.82, 2.24) is 9.78 Å². The number of hydrogen-bond donors (Lipinski definition) is 0. The summed E-state index contributed by atoms with van der Waals surface area (Å²) < 4.78 is 6.67. The molecule has 1 aromatic rings. The highest BCUT2D eigenvalue weighted by Crippen LogP contribution is 2.23. The van der Waals surface area contributed by atoms with Crippen LogP contribution in [0.1, 0.15) is 26.3 Å². The van der Waals surface area contributed by atoms with Gasteiger partial charge in [-0.25, -0.2) is 0 Å². The van der Waals surface area contributed by atoms with E-state index in [-0.39, 0.29) is 5.97 Å². The molecule has 1 rings (SSSR count). The molecule has 0 bridgehead atoms. The van der Waals surface area contributed by atoms with Crippen LogP contribution in [-0.2, 0) is 22.0 Å². The van der Waals surface area contributed by atoms with Crippen molar-refractivity contribution in [2.45, 2.75) is 26.2 Å². The van der Waals surface area contributed by atoms with E-state index in [9.17, 15) is 4.79 Å². The van der Waals surface area contributed by atoms with Gasteiger partial charge in [-0.2, -0.15) is 5.10 Å². The van der Waals surface area contributed by atoms with Crippen molar-refractivity contribution >= 4 is 5.97 Å². The van der Waals surface area contributed by atoms with Crippen LogP contribution in [0.3, 0.4) is 0 Å². The number of carbonyl (C=O) groups excluding carboxylic acids is 1. The van der Waals surface area contributed by atoms with Crippen LogP contribution in [0.4, 0.5) is 0 Å². The molecule has 0 aliphatic heterocycles. The fourth-order valence-electron chi connectivity index (χ4n) is 1.17. The van der Waals surface area contributed by atoms with Crippen molar-refractivity contribution < 1.29 is 9.53 Å². The van der Waals surface area contributed by atoms with E-state index >= 15 is 0 Å². The third kappa shape index (κ3) is 1.95. The molecule has 0 saturated carbocycles. The number of carbonyl (C=O) groups is 1. The van der Waals surface area contributed by atoms with Gasteiger partial charge in [-0.1, -0.05) is 0 Å². The molecular formula is C10H16N2O2. The van der Waals surface area contributed by atoms with Crippen LogP contribution in [0.5, 0.6) is 0 Å². The van der Waals surface area contributed by atoms with Gasteiger partial charge in [-0.05, 0) is 20.8 Å². The second-order valence-corrected chi connectivity index (χ2v) is 3.75. The zero-order valence-corrected chi connectivity index (χ0v) is 9.07. The molecule has 1 aromatic heterocycles. The lowest BCUT2D eigenvalue weighted by molar-refractivity contribution is -0.148. The normalized spacial score (nSPS) is 11.4. The van der Waals surface area contributed by atoms with Crippen LogP contribution in [0.2, 0.25) is 0 Å². The highest BCUT2D eigenvalue weighted by atomic mass is 16.5. The fourth-order valence-corrected chi connectivity index (χ4v) is 1.17. The Morgan fingerprint density at radius 2 is 2.29 bits per heavy atom. The summed E-state index contributed by atoms with van der Waals surface area (Å²) in [6.45, 7) is 5.88. The van der Waals surface area contributed by atoms with Gasteiger partial charge in [0.15, 0.2) is 0 Å². The number of aromatic nitrogens is 2. The lowest BCUT2D eigenvalue weighted by atomic mass is 9.87. The first-order valence-corrected chi connectivity index (χ1v) is 4.64. The van der Waals surface area contributed by atoms with E-state index in [1.807, 2.05) is 27.1 Å². The average molecular weight is 196 g/mol. The van der Waals surface area contributed by atoms with Crippen molar-refractivity contribution in [2.24, 2.45) is 7.05 Å². The van der Waals surface area contributed by atoms with Crippen LogP contribution < -0.4 is 0 Å². The molecule has 78 valence electrons. The summed E-state index contributed by atoms with van der Waals surface area (Å²) in [6.07, 6.45) is 3.52. The standard InChI is InChI=1S/C10H16N2O2/c1-5-14-9(13)10(2,3)8-6-11-12(4)7-8/h6-7H,5H2,1-4H3. The Morgan fingerprint density at radius 1 is 1.64 bits per heavy atom. The summed E-state index contributed by atoms with van der Waals surface area (Å²) in [7, 11) is 1.82. The van der Waals surface area contributed by atoms with Crippen molar-refractivity contribution in [3.05, 3.63) is 18.0 Å². The topological polar surface area (TPSA) is 44.1 Å². The molecule has 0 amide bonds. The zero-order valence-electron chi connectivity index (χ0n) is 9.07. The van der Waals surface area contributed by atoms with Gasteiger partial charge in [0, 0.05) is 18.8 Å². The highest BCUT2D eigenvalue weighted by molar-refractivity contribution is 5.81. The number of esters is 1. The number of ether oxygens (including phenoxy) is 1. The minimum atomic E-state index is -0.621. The van der Waals surface area contributed by atoms with E-state index in [4.69, 9.17) is 4.74 Å². The Kier molecular flexibility index (Phi) is 2.93. The van der Waals surface area contributed by atoms with E-state index in [1.54, 1.807) is 17.8 Å². The van der Waals surface area contributed by atoms with Gasteiger partial charge in [0.05, 0.1) is 18.2 Å². The monoisotopic (exact) mass is 196 g/mol. The van der Waals surface area contributed by atoms with E-state index in [0.717, 1.165) is 5.56 Å². The molecular weight excluding hydrogens is 180 g/mol. The van der Waals surface area contributed by atoms with Crippen molar-refractivity contribution in [3.63, 3.8) is 0 Å². The Balaban J connectivity index is 2.89. The van der Waals surface area contributed by atoms with E-state index in [0.29, 0.717) is 6.61 Å². The summed E-state index contributed by atoms with van der Waals surface area (Å²) >= 11 is 0. The van der Waals surface area contributed by atoms with E-state index in [1.165, 1.54) is 0 Å². The summed E-state index contributed by atoms with van der Waals surface area (Å²) in [5.74, 6) is -0.215. The Morgan fingerprint density at radius 3 is 2.71 bits per heavy atom. The summed E-state index contributed by atoms with van der Waals surface area (Å²) in [6, 6.07) is 0. The average Bonchev–Trinajstić information content (AvgIpc) is 2.52. The van der Waals surface area contributed by atoms with Crippen LogP contribution in [0, 0.1) is 0 Å². The molecule has 0 saturated heterocycles. The predicted octanol–water partition coefficient (Wildman–Crippen LogP) is 1.26. The molecule has 0 aliphatic carbocycles. The first-order valence-electron chi connectivity index (χ1n) is 4.64. The van der Waals surface area contributed by atoms with Gasteiger partial charge in [0.25, 0.3) is 0 Å². The molecule has 0 N–H and O–H groups in total. The minimum Gasteiger partial charge on any atom is -0.465 e. The lowest BCUT2D eigenvalue weighted by Gasteiger charge is -2.20. The molecule has 0 atom stereocenters. The first kappa shape index (κ1) is 10.8. The third-order valence-electron chi connectivity index (χ3n) is 2.21. The molecule has 0 unspecified atom stereocenters. The molecule has 0 spiro atoms. The van der Waals surface area contributed by atoms with Crippen LogP contribution in [0.15, 0.2) is 12.4 Å². The van der Waals surface area contributed by atoms with Gasteiger partial charge in [0.2, 0.25) is 0 Å². The fraction of sp³-hybridized carbons (Fsp3) is 0.600. The third-order valence-corrected chi connectivity index (χ3v) is 2.21. The first-order chi connectivity index (χ1) is 6.48. The molecule has 0 fully saturated rings. The highest BCUT2D eigenvalue weighted by Gasteiger charge is 2.32. The van der Waals surface area contributed by atoms with Gasteiger partial charge >= 0.3 is 5.97 Å². The summed E-state index contributed by atoms with van der Waals surface area (Å²) in [5, 5.41) is 4.03. The largest absolute Gasteiger partial charge is 0.465 e. The Labute approximate surface area is 83.9 Å². The number of rotatable bonds is 3. The van der Waals surface area contributed by atoms with E-state index < -0.39 is 5.41 Å². The van der Waals surface area contributed by atoms with Crippen molar-refractivity contribution in [2.75, 3.05) is 6.61 Å². The number of aryl methyl sites for hydroxylation is 1. The maximum atomic E-state index is 11.6. The van der Waals surface area contributed by atoms with Gasteiger partial charge in [-0.3, -0.25) is 9.48 Å². The zero-order chi connectivity index (χ0) is 10.8. The van der Waals surface area contributed by atoms with Crippen LogP contribution >= 0.6 is 0 Å². The smallest absolute Gasteiger partial charge is 0.316 e. The molecule has 0 aromatic carbocycles. The molecule has 0 radical (unpaired) electrons. The Bertz CT molecular complexity index is 329. The molecule has 0 aliphatic rings. The maximum absolute atomic E-state index is 11.6. The van der Waals surface area contributed by atoms with Gasteiger partial charge < -0.3 is 4.74 Å². The minimum absolute atomic E-state index is 0.215. The van der Waals surface area contributed by atoms with Crippen LogP contribution in [0.25, 0.3) is 0 Å². The number of hydrogen-bond acceptors (Lipinski definition) is 3. The molecule has 4 nitrogen and oxygen atoms in total. The quantitative estimate of drug-likeness (QED) is 0.684. The summed E-state index contributed by atoms with van der Waals surface area (Å²) in [5.41, 5.74) is 0.253. The predicted molar refractivity (Wildman–Crippen MR) is 52.9 cm³/mol. The maximum Gasteiger partial charge on any atom is 0.316 e. The van der Waals surface area contributed by atoms with E-state index in [2.05, 4.69) is 5.10 Å². The van der Waals surface area contributed by atoms with Crippen molar-refractivity contribution in [3.8, 4) is 0 Å². The summed E-state index contributed by atoms with van der Waals surface area (Å²) in [4.78, 5) is 11.6. The van der Waals surface area contributed by atoms with Gasteiger partial charge in [0.1, 0.15) is 0 Å². The molecule has 1 heterocycles. The second kappa shape index (κ2) is 3.82. The van der Waals surface area contributed by atoms with Gasteiger partial charge in [-0.15, -0.1) is 0 Å². The molecule has 14 heavy (non-hydrogen) atoms. The lowest BCUT2D eigenvalue weighted by Crippen LogP contribution is -2.30.